The molecule has 0 saturated heterocycles. The molecular weight excluding hydrogens is 228 g/mol. The van der Waals surface area contributed by atoms with Crippen molar-refractivity contribution in [2.24, 2.45) is 0 Å². The van der Waals surface area contributed by atoms with Gasteiger partial charge in [0.2, 0.25) is 0 Å². The summed E-state index contributed by atoms with van der Waals surface area (Å²) >= 11 is 0. The predicted octanol–water partition coefficient (Wildman–Crippen LogP) is 2.84. The number of aliphatic hydroxyl groups is 1. The summed E-state index contributed by atoms with van der Waals surface area (Å²) in [4.78, 5) is 0. The summed E-state index contributed by atoms with van der Waals surface area (Å²) in [6, 6.07) is 13.4. The van der Waals surface area contributed by atoms with Crippen molar-refractivity contribution in [3.05, 3.63) is 65.7 Å². The van der Waals surface area contributed by atoms with Crippen molar-refractivity contribution in [1.82, 2.24) is 0 Å². The molecule has 0 aliphatic heterocycles. The molecule has 1 atom stereocenters. The molecule has 0 aliphatic rings. The van der Waals surface area contributed by atoms with Gasteiger partial charge in [0, 0.05) is 11.1 Å². The normalized spacial score (nSPS) is 12.7. The van der Waals surface area contributed by atoms with Gasteiger partial charge < -0.3 is 15.3 Å². The van der Waals surface area contributed by atoms with Crippen LogP contribution in [0.15, 0.2) is 54.6 Å². The number of benzene rings is 2. The van der Waals surface area contributed by atoms with Crippen LogP contribution in [0.4, 0.5) is 0 Å². The fourth-order valence-corrected chi connectivity index (χ4v) is 1.66. The number of rotatable bonds is 3. The van der Waals surface area contributed by atoms with Crippen LogP contribution in [0, 0.1) is 0 Å². The average Bonchev–Trinajstić information content (AvgIpc) is 2.38. The van der Waals surface area contributed by atoms with Crippen LogP contribution in [0.3, 0.4) is 0 Å². The molecule has 0 spiro atoms. The summed E-state index contributed by atoms with van der Waals surface area (Å²) in [5, 5.41) is 29.1. The minimum absolute atomic E-state index is 0.0481. The quantitative estimate of drug-likeness (QED) is 0.775. The summed E-state index contributed by atoms with van der Waals surface area (Å²) < 4.78 is 0. The van der Waals surface area contributed by atoms with Crippen LogP contribution in [0.2, 0.25) is 0 Å². The molecule has 3 N–H and O–H groups in total. The Balaban J connectivity index is 2.20. The Morgan fingerprint density at radius 2 is 1.44 bits per heavy atom. The number of aromatic hydroxyl groups is 2. The highest BCUT2D eigenvalue weighted by atomic mass is 16.3. The molecule has 0 bridgehead atoms. The second-order valence-corrected chi connectivity index (χ2v) is 3.92. The number of phenolic OH excluding ortho intramolecular Hbond substituents is 2. The van der Waals surface area contributed by atoms with Gasteiger partial charge in [-0.05, 0) is 12.1 Å². The molecule has 0 amide bonds. The van der Waals surface area contributed by atoms with Gasteiger partial charge in [-0.2, -0.15) is 0 Å². The van der Waals surface area contributed by atoms with Crippen molar-refractivity contribution < 1.29 is 15.3 Å². The lowest BCUT2D eigenvalue weighted by molar-refractivity contribution is 0.224. The Morgan fingerprint density at radius 1 is 0.833 bits per heavy atom. The molecule has 2 aromatic carbocycles. The third-order valence-electron chi connectivity index (χ3n) is 2.65. The first kappa shape index (κ1) is 12.2. The number of phenols is 2. The molecule has 2 rings (SSSR count). The van der Waals surface area contributed by atoms with Gasteiger partial charge in [0.1, 0.15) is 17.6 Å². The third-order valence-corrected chi connectivity index (χ3v) is 2.65. The Bertz CT molecular complexity index is 561. The molecule has 0 aromatic heterocycles. The first-order valence-corrected chi connectivity index (χ1v) is 5.60. The Labute approximate surface area is 105 Å². The number of aliphatic hydroxyl groups excluding tert-OH is 1. The van der Waals surface area contributed by atoms with E-state index in [-0.39, 0.29) is 11.5 Å². The molecule has 92 valence electrons. The zero-order chi connectivity index (χ0) is 13.0. The van der Waals surface area contributed by atoms with E-state index in [1.165, 1.54) is 12.1 Å². The zero-order valence-corrected chi connectivity index (χ0v) is 9.69. The van der Waals surface area contributed by atoms with Crippen molar-refractivity contribution in [1.29, 1.82) is 0 Å². The standard InChI is InChI=1S/C15H14O3/c16-13-7-3-1-5-11(13)9-10-15(18)12-6-2-4-8-14(12)17/h1-10,15-18H/b10-9+. The largest absolute Gasteiger partial charge is 0.508 e. The summed E-state index contributed by atoms with van der Waals surface area (Å²) in [5.74, 6) is 0.199. The summed E-state index contributed by atoms with van der Waals surface area (Å²) in [7, 11) is 0. The summed E-state index contributed by atoms with van der Waals surface area (Å²) in [6.45, 7) is 0. The van der Waals surface area contributed by atoms with Crippen LogP contribution in [-0.4, -0.2) is 15.3 Å². The molecule has 3 nitrogen and oxygen atoms in total. The summed E-state index contributed by atoms with van der Waals surface area (Å²) in [5.41, 5.74) is 1.05. The van der Waals surface area contributed by atoms with E-state index >= 15 is 0 Å². The topological polar surface area (TPSA) is 60.7 Å². The van der Waals surface area contributed by atoms with E-state index in [2.05, 4.69) is 0 Å². The number of hydrogen-bond donors (Lipinski definition) is 3. The van der Waals surface area contributed by atoms with Gasteiger partial charge in [0.05, 0.1) is 0 Å². The van der Waals surface area contributed by atoms with Gasteiger partial charge >= 0.3 is 0 Å². The fraction of sp³-hybridized carbons (Fsp3) is 0.0667. The number of hydrogen-bond acceptors (Lipinski definition) is 3. The SMILES string of the molecule is Oc1ccccc1/C=C/C(O)c1ccccc1O. The fourth-order valence-electron chi connectivity index (χ4n) is 1.66. The maximum Gasteiger partial charge on any atom is 0.122 e. The van der Waals surface area contributed by atoms with Crippen LogP contribution in [0.1, 0.15) is 17.2 Å². The van der Waals surface area contributed by atoms with Gasteiger partial charge in [-0.3, -0.25) is 0 Å². The van der Waals surface area contributed by atoms with E-state index < -0.39 is 6.10 Å². The van der Waals surface area contributed by atoms with Gasteiger partial charge in [-0.25, -0.2) is 0 Å². The van der Waals surface area contributed by atoms with Crippen LogP contribution in [-0.2, 0) is 0 Å². The van der Waals surface area contributed by atoms with Gasteiger partial charge in [-0.15, -0.1) is 0 Å². The first-order valence-electron chi connectivity index (χ1n) is 5.60. The molecule has 0 heterocycles. The highest BCUT2D eigenvalue weighted by Crippen LogP contribution is 2.26. The Kier molecular flexibility index (Phi) is 3.65. The Morgan fingerprint density at radius 3 is 2.11 bits per heavy atom. The maximum absolute atomic E-state index is 9.93. The van der Waals surface area contributed by atoms with Gasteiger partial charge in [0.25, 0.3) is 0 Å². The molecule has 3 heteroatoms. The van der Waals surface area contributed by atoms with Gasteiger partial charge in [-0.1, -0.05) is 48.6 Å². The van der Waals surface area contributed by atoms with Crippen LogP contribution in [0.25, 0.3) is 6.08 Å². The third kappa shape index (κ3) is 2.70. The second kappa shape index (κ2) is 5.38. The minimum atomic E-state index is -0.911. The monoisotopic (exact) mass is 242 g/mol. The average molecular weight is 242 g/mol. The van der Waals surface area contributed by atoms with E-state index in [9.17, 15) is 15.3 Å². The van der Waals surface area contributed by atoms with E-state index in [0.29, 0.717) is 11.1 Å². The lowest BCUT2D eigenvalue weighted by Crippen LogP contribution is -1.93. The number of para-hydroxylation sites is 2. The van der Waals surface area contributed by atoms with Crippen LogP contribution < -0.4 is 0 Å². The molecular formula is C15H14O3. The predicted molar refractivity (Wildman–Crippen MR) is 70.2 cm³/mol. The van der Waals surface area contributed by atoms with Crippen LogP contribution in [0.5, 0.6) is 11.5 Å². The maximum atomic E-state index is 9.93. The highest BCUT2D eigenvalue weighted by Gasteiger charge is 2.07. The molecule has 1 unspecified atom stereocenters. The molecule has 0 radical (unpaired) electrons. The van der Waals surface area contributed by atoms with Crippen molar-refractivity contribution in [3.8, 4) is 11.5 Å². The van der Waals surface area contributed by atoms with E-state index in [1.54, 1.807) is 48.5 Å². The summed E-state index contributed by atoms with van der Waals surface area (Å²) in [6.07, 6.45) is 2.22. The van der Waals surface area contributed by atoms with Crippen molar-refractivity contribution in [3.63, 3.8) is 0 Å². The van der Waals surface area contributed by atoms with Crippen molar-refractivity contribution in [2.45, 2.75) is 6.10 Å². The van der Waals surface area contributed by atoms with Crippen molar-refractivity contribution in [2.75, 3.05) is 0 Å². The smallest absolute Gasteiger partial charge is 0.122 e. The van der Waals surface area contributed by atoms with Crippen LogP contribution >= 0.6 is 0 Å². The van der Waals surface area contributed by atoms with Gasteiger partial charge in [0.15, 0.2) is 0 Å². The zero-order valence-electron chi connectivity index (χ0n) is 9.69. The van der Waals surface area contributed by atoms with E-state index in [4.69, 9.17) is 0 Å². The molecule has 2 aromatic rings. The lowest BCUT2D eigenvalue weighted by Gasteiger charge is -2.08. The molecule has 18 heavy (non-hydrogen) atoms. The Hall–Kier alpha value is -2.26. The van der Waals surface area contributed by atoms with E-state index in [0.717, 1.165) is 0 Å². The minimum Gasteiger partial charge on any atom is -0.508 e. The first-order chi connectivity index (χ1) is 8.68. The van der Waals surface area contributed by atoms with Crippen molar-refractivity contribution >= 4 is 6.08 Å². The molecule has 0 saturated carbocycles. The molecule has 0 fully saturated rings. The van der Waals surface area contributed by atoms with E-state index in [1.807, 2.05) is 0 Å². The second-order valence-electron chi connectivity index (χ2n) is 3.92. The molecule has 0 aliphatic carbocycles. The lowest BCUT2D eigenvalue weighted by atomic mass is 10.1. The highest BCUT2D eigenvalue weighted by molar-refractivity contribution is 5.57.